The third-order valence-electron chi connectivity index (χ3n) is 6.47. The largest absolute Gasteiger partial charge is 1.00 e. The molecule has 0 saturated heterocycles. The number of hydrogen-bond donors (Lipinski definition) is 0. The molecule has 0 aliphatic heterocycles. The van der Waals surface area contributed by atoms with Crippen LogP contribution in [0.5, 0.6) is 0 Å². The zero-order valence-electron chi connectivity index (χ0n) is 20.8. The summed E-state index contributed by atoms with van der Waals surface area (Å²) in [7, 11) is 5.36. The number of carbonyl (C=O) groups excluding carboxylic acids is 1. The predicted octanol–water partition coefficient (Wildman–Crippen LogP) is -0.806. The monoisotopic (exact) mass is 684 g/mol. The molecule has 0 fully saturated rings. The van der Waals surface area contributed by atoms with Gasteiger partial charge in [0.05, 0.1) is 28.7 Å². The first-order chi connectivity index (χ1) is 14.2. The third kappa shape index (κ3) is 9.54. The van der Waals surface area contributed by atoms with Gasteiger partial charge in [0.1, 0.15) is 20.2 Å². The number of aromatic nitrogens is 1. The number of nitrogens with zero attached hydrogens (tertiary/aromatic N) is 2. The molecule has 0 amide bonds. The van der Waals surface area contributed by atoms with Crippen LogP contribution in [0.3, 0.4) is 0 Å². The molecule has 0 saturated carbocycles. The van der Waals surface area contributed by atoms with Crippen molar-refractivity contribution in [2.24, 2.45) is 7.05 Å². The first-order valence-corrected chi connectivity index (χ1v) is 14.7. The highest BCUT2D eigenvalue weighted by Gasteiger charge is 2.27. The quantitative estimate of drug-likeness (QED) is 0.0965. The van der Waals surface area contributed by atoms with Crippen molar-refractivity contribution in [1.82, 2.24) is 0 Å². The molecule has 0 aliphatic rings. The maximum absolute atomic E-state index is 12.6. The van der Waals surface area contributed by atoms with E-state index in [-0.39, 0.29) is 53.9 Å². The molecule has 1 aromatic carbocycles. The number of likely N-dealkylation sites (N-methyl/N-ethyl adjacent to an activating group) is 1. The molecule has 0 bridgehead atoms. The molecule has 4 nitrogen and oxygen atoms in total. The van der Waals surface area contributed by atoms with Crippen molar-refractivity contribution in [2.45, 2.75) is 57.8 Å². The Kier molecular flexibility index (Phi) is 14.8. The molecule has 0 radical (unpaired) electrons. The number of carbonyl (C=O) groups is 1. The van der Waals surface area contributed by atoms with Gasteiger partial charge >= 0.3 is 5.97 Å². The number of para-hydroxylation sites is 1. The summed E-state index contributed by atoms with van der Waals surface area (Å²) in [5.74, 6) is -0.242. The standard InChI is InChI=1S/C25H42N2O2Si.2HI/c1-7-19-30(6,20-8-2)21-11-16-27(4,5)17-18-29-25(28)24-15-14-22-12-9-10-13-23(22)26(24)3;;/h9-10,12-15H,7-8,11,16-21H2,1-6H3;2*1H/q+2;;/p-2. The Morgan fingerprint density at radius 3 is 2.22 bits per heavy atom. The van der Waals surface area contributed by atoms with E-state index in [2.05, 4.69) is 40.6 Å². The number of esters is 1. The molecule has 0 unspecified atom stereocenters. The van der Waals surface area contributed by atoms with Crippen LogP contribution in [-0.2, 0) is 11.8 Å². The summed E-state index contributed by atoms with van der Waals surface area (Å²) in [5.41, 5.74) is 1.63. The van der Waals surface area contributed by atoms with E-state index in [1.165, 1.54) is 37.4 Å². The van der Waals surface area contributed by atoms with Gasteiger partial charge in [-0.15, -0.1) is 0 Å². The second-order valence-corrected chi connectivity index (χ2v) is 14.9. The van der Waals surface area contributed by atoms with Gasteiger partial charge in [0, 0.05) is 17.5 Å². The van der Waals surface area contributed by atoms with E-state index in [4.69, 9.17) is 4.74 Å². The van der Waals surface area contributed by atoms with Gasteiger partial charge < -0.3 is 57.2 Å². The number of pyridine rings is 1. The third-order valence-corrected chi connectivity index (χ3v) is 11.4. The molecule has 7 heteroatoms. The predicted molar refractivity (Wildman–Crippen MR) is 128 cm³/mol. The summed E-state index contributed by atoms with van der Waals surface area (Å²) >= 11 is 0. The molecular formula is C25H42I2N2O2Si. The van der Waals surface area contributed by atoms with Crippen molar-refractivity contribution in [3.05, 3.63) is 42.1 Å². The molecule has 0 N–H and O–H groups in total. The fraction of sp³-hybridized carbons (Fsp3) is 0.600. The molecule has 0 aliphatic carbocycles. The highest BCUT2D eigenvalue weighted by atomic mass is 127. The number of fused-ring (bicyclic) bond motifs is 1. The normalized spacial score (nSPS) is 11.6. The maximum Gasteiger partial charge on any atom is 0.403 e. The van der Waals surface area contributed by atoms with E-state index >= 15 is 0 Å². The van der Waals surface area contributed by atoms with E-state index in [1.807, 2.05) is 41.9 Å². The lowest BCUT2D eigenvalue weighted by atomic mass is 10.2. The number of halogens is 2. The number of benzene rings is 1. The average Bonchev–Trinajstić information content (AvgIpc) is 2.68. The Morgan fingerprint density at radius 2 is 1.59 bits per heavy atom. The van der Waals surface area contributed by atoms with E-state index < -0.39 is 8.07 Å². The summed E-state index contributed by atoms with van der Waals surface area (Å²) < 4.78 is 8.48. The van der Waals surface area contributed by atoms with Gasteiger partial charge in [0.2, 0.25) is 5.52 Å². The van der Waals surface area contributed by atoms with Crippen molar-refractivity contribution in [1.29, 1.82) is 0 Å². The SMILES string of the molecule is CCC[Si](C)(CCC)CCC[N+](C)(C)CCOC(=O)c1ccc2ccccc2[n+]1C.[I-].[I-]. The van der Waals surface area contributed by atoms with Gasteiger partial charge in [0.15, 0.2) is 0 Å². The second-order valence-electron chi connectivity index (χ2n) is 9.77. The zero-order valence-corrected chi connectivity index (χ0v) is 26.1. The van der Waals surface area contributed by atoms with Gasteiger partial charge in [-0.05, 0) is 18.6 Å². The van der Waals surface area contributed by atoms with E-state index in [0.717, 1.165) is 28.5 Å². The first-order valence-electron chi connectivity index (χ1n) is 11.6. The molecule has 1 aromatic heterocycles. The van der Waals surface area contributed by atoms with Gasteiger partial charge in [-0.25, -0.2) is 4.79 Å². The van der Waals surface area contributed by atoms with Crippen LogP contribution in [0.25, 0.3) is 10.9 Å². The summed E-state index contributed by atoms with van der Waals surface area (Å²) in [4.78, 5) is 12.6. The lowest BCUT2D eigenvalue weighted by Gasteiger charge is -2.32. The van der Waals surface area contributed by atoms with Crippen molar-refractivity contribution in [3.63, 3.8) is 0 Å². The van der Waals surface area contributed by atoms with Crippen LogP contribution in [0.2, 0.25) is 24.7 Å². The fourth-order valence-corrected chi connectivity index (χ4v) is 8.81. The zero-order chi connectivity index (χ0) is 22.2. The molecule has 0 spiro atoms. The minimum atomic E-state index is -1.07. The topological polar surface area (TPSA) is 30.2 Å². The van der Waals surface area contributed by atoms with Crippen molar-refractivity contribution < 1.29 is 66.5 Å². The van der Waals surface area contributed by atoms with Crippen LogP contribution in [0.1, 0.15) is 43.6 Å². The highest BCUT2D eigenvalue weighted by Crippen LogP contribution is 2.26. The number of hydrogen-bond acceptors (Lipinski definition) is 2. The number of ether oxygens (including phenoxy) is 1. The van der Waals surface area contributed by atoms with Crippen molar-refractivity contribution >= 4 is 24.9 Å². The minimum absolute atomic E-state index is 0. The Balaban J connectivity index is 0.00000480. The molecular weight excluding hydrogens is 642 g/mol. The minimum Gasteiger partial charge on any atom is -1.00 e. The van der Waals surface area contributed by atoms with Crippen LogP contribution < -0.4 is 52.5 Å². The Morgan fingerprint density at radius 1 is 0.969 bits per heavy atom. The Bertz CT molecular complexity index is 840. The second kappa shape index (κ2) is 14.9. The molecule has 182 valence electrons. The molecule has 1 heterocycles. The van der Waals surface area contributed by atoms with Gasteiger partial charge in [0.25, 0.3) is 5.69 Å². The highest BCUT2D eigenvalue weighted by molar-refractivity contribution is 6.78. The lowest BCUT2D eigenvalue weighted by molar-refractivity contribution is -0.890. The molecule has 2 aromatic rings. The Labute approximate surface area is 230 Å². The van der Waals surface area contributed by atoms with Crippen LogP contribution in [0.4, 0.5) is 0 Å². The summed E-state index contributed by atoms with van der Waals surface area (Å²) in [6.45, 7) is 9.69. The summed E-state index contributed by atoms with van der Waals surface area (Å²) in [6, 6.07) is 16.3. The fourth-order valence-electron chi connectivity index (χ4n) is 4.64. The summed E-state index contributed by atoms with van der Waals surface area (Å²) in [6.07, 6.45) is 3.93. The number of rotatable bonds is 12. The van der Waals surface area contributed by atoms with Crippen LogP contribution >= 0.6 is 0 Å². The van der Waals surface area contributed by atoms with Crippen LogP contribution in [0.15, 0.2) is 36.4 Å². The number of aryl methyl sites for hydroxylation is 1. The summed E-state index contributed by atoms with van der Waals surface area (Å²) in [5, 5.41) is 1.12. The Hall–Kier alpha value is -0.263. The van der Waals surface area contributed by atoms with Crippen LogP contribution in [0, 0.1) is 0 Å². The smallest absolute Gasteiger partial charge is 0.403 e. The van der Waals surface area contributed by atoms with Crippen LogP contribution in [-0.4, -0.2) is 52.3 Å². The molecule has 32 heavy (non-hydrogen) atoms. The van der Waals surface area contributed by atoms with E-state index in [9.17, 15) is 4.79 Å². The van der Waals surface area contributed by atoms with E-state index in [0.29, 0.717) is 12.3 Å². The van der Waals surface area contributed by atoms with Gasteiger partial charge in [-0.3, -0.25) is 0 Å². The van der Waals surface area contributed by atoms with E-state index in [1.54, 1.807) is 0 Å². The van der Waals surface area contributed by atoms with Crippen molar-refractivity contribution in [2.75, 3.05) is 33.8 Å². The number of quaternary nitrogens is 1. The van der Waals surface area contributed by atoms with Gasteiger partial charge in [-0.2, -0.15) is 4.57 Å². The molecule has 2 rings (SSSR count). The maximum atomic E-state index is 12.6. The lowest BCUT2D eigenvalue weighted by Crippen LogP contribution is -3.00. The first kappa shape index (κ1) is 31.7. The average molecular weight is 685 g/mol. The van der Waals surface area contributed by atoms with Crippen molar-refractivity contribution in [3.8, 4) is 0 Å². The van der Waals surface area contributed by atoms with Gasteiger partial charge in [-0.1, -0.05) is 63.5 Å². The molecule has 0 atom stereocenters.